The zero-order chi connectivity index (χ0) is 11.9. The highest BCUT2D eigenvalue weighted by Crippen LogP contribution is 2.07. The average molecular weight is 244 g/mol. The Morgan fingerprint density at radius 2 is 2.00 bits per heavy atom. The molecule has 7 heteroatoms. The normalized spacial score (nSPS) is 12.7. The second-order valence-electron chi connectivity index (χ2n) is 3.21. The van der Waals surface area contributed by atoms with Crippen LogP contribution in [-0.2, 0) is 10.0 Å². The van der Waals surface area contributed by atoms with Crippen LogP contribution < -0.4 is 5.73 Å². The van der Waals surface area contributed by atoms with Crippen molar-refractivity contribution in [2.24, 2.45) is 5.73 Å². The predicted octanol–water partition coefficient (Wildman–Crippen LogP) is 0.642. The summed E-state index contributed by atoms with van der Waals surface area (Å²) < 4.78 is 48.1. The van der Waals surface area contributed by atoms with E-state index in [1.54, 1.807) is 0 Å². The predicted molar refractivity (Wildman–Crippen MR) is 55.3 cm³/mol. The number of sulfonamides is 1. The zero-order valence-corrected chi connectivity index (χ0v) is 9.64. The Labute approximate surface area is 89.5 Å². The van der Waals surface area contributed by atoms with Crippen LogP contribution >= 0.6 is 0 Å². The number of hydrogen-bond acceptors (Lipinski definition) is 3. The molecule has 0 bridgehead atoms. The summed E-state index contributed by atoms with van der Waals surface area (Å²) in [6.45, 7) is 1.09. The molecule has 0 aromatic carbocycles. The fraction of sp³-hybridized carbons (Fsp3) is 1.00. The number of nitrogens with two attached hydrogens (primary N) is 1. The Bertz CT molecular complexity index is 257. The fourth-order valence-corrected chi connectivity index (χ4v) is 2.73. The third kappa shape index (κ3) is 6.01. The van der Waals surface area contributed by atoms with E-state index in [0.717, 1.165) is 4.31 Å². The molecule has 0 aliphatic heterocycles. The van der Waals surface area contributed by atoms with Crippen molar-refractivity contribution >= 4 is 10.0 Å². The van der Waals surface area contributed by atoms with Gasteiger partial charge in [-0.2, -0.15) is 4.31 Å². The second-order valence-corrected chi connectivity index (χ2v) is 5.30. The molecule has 92 valence electrons. The number of rotatable bonds is 8. The van der Waals surface area contributed by atoms with Crippen LogP contribution in [0.1, 0.15) is 19.8 Å². The maximum atomic E-state index is 12.1. The molecule has 0 aromatic heterocycles. The molecule has 15 heavy (non-hydrogen) atoms. The first kappa shape index (κ1) is 14.7. The van der Waals surface area contributed by atoms with Gasteiger partial charge in [0.15, 0.2) is 0 Å². The lowest BCUT2D eigenvalue weighted by molar-refractivity contribution is 0.120. The van der Waals surface area contributed by atoms with Gasteiger partial charge in [0.05, 0.1) is 12.3 Å². The Balaban J connectivity index is 4.44. The maximum Gasteiger partial charge on any atom is 0.252 e. The first-order valence-electron chi connectivity index (χ1n) is 4.90. The molecule has 0 heterocycles. The van der Waals surface area contributed by atoms with E-state index in [0.29, 0.717) is 12.8 Å². The zero-order valence-electron chi connectivity index (χ0n) is 8.83. The van der Waals surface area contributed by atoms with E-state index in [4.69, 9.17) is 5.73 Å². The van der Waals surface area contributed by atoms with Gasteiger partial charge in [0.2, 0.25) is 10.0 Å². The molecule has 0 spiro atoms. The quantitative estimate of drug-likeness (QED) is 0.681. The summed E-state index contributed by atoms with van der Waals surface area (Å²) in [4.78, 5) is 0. The highest BCUT2D eigenvalue weighted by molar-refractivity contribution is 7.89. The molecule has 0 aromatic rings. The van der Waals surface area contributed by atoms with Crippen molar-refractivity contribution < 1.29 is 17.2 Å². The lowest BCUT2D eigenvalue weighted by atomic mass is 10.4. The Morgan fingerprint density at radius 1 is 1.40 bits per heavy atom. The molecule has 0 unspecified atom stereocenters. The Hall–Kier alpha value is -0.270. The molecule has 0 saturated heterocycles. The number of alkyl halides is 2. The highest BCUT2D eigenvalue weighted by Gasteiger charge is 2.23. The van der Waals surface area contributed by atoms with E-state index in [1.165, 1.54) is 0 Å². The third-order valence-electron chi connectivity index (χ3n) is 1.87. The molecule has 0 rings (SSSR count). The molecule has 4 nitrogen and oxygen atoms in total. The van der Waals surface area contributed by atoms with E-state index in [-0.39, 0.29) is 18.8 Å². The fourth-order valence-electron chi connectivity index (χ4n) is 1.10. The summed E-state index contributed by atoms with van der Waals surface area (Å²) in [5, 5.41) is 0. The standard InChI is InChI=1S/C8H18F2N2O2S/c1-2-3-6-15(13,14)12(5-4-11)7-8(9)10/h8H,2-7,11H2,1H3. The van der Waals surface area contributed by atoms with Gasteiger partial charge < -0.3 is 5.73 Å². The van der Waals surface area contributed by atoms with Gasteiger partial charge in [0.25, 0.3) is 6.43 Å². The van der Waals surface area contributed by atoms with Crippen LogP contribution in [0.3, 0.4) is 0 Å². The minimum Gasteiger partial charge on any atom is -0.329 e. The van der Waals surface area contributed by atoms with E-state index in [2.05, 4.69) is 0 Å². The molecule has 0 radical (unpaired) electrons. The van der Waals surface area contributed by atoms with Crippen LogP contribution in [0.15, 0.2) is 0 Å². The minimum absolute atomic E-state index is 0.0453. The maximum absolute atomic E-state index is 12.1. The van der Waals surface area contributed by atoms with Gasteiger partial charge in [-0.1, -0.05) is 13.3 Å². The molecule has 0 atom stereocenters. The summed E-state index contributed by atoms with van der Waals surface area (Å²) in [6.07, 6.45) is -1.47. The van der Waals surface area contributed by atoms with Gasteiger partial charge in [0.1, 0.15) is 0 Å². The van der Waals surface area contributed by atoms with E-state index >= 15 is 0 Å². The summed E-state index contributed by atoms with van der Waals surface area (Å²) in [5.74, 6) is -0.0871. The lowest BCUT2D eigenvalue weighted by Crippen LogP contribution is -2.39. The number of halogens is 2. The van der Waals surface area contributed by atoms with E-state index in [9.17, 15) is 17.2 Å². The van der Waals surface area contributed by atoms with Crippen LogP contribution in [0.4, 0.5) is 8.78 Å². The topological polar surface area (TPSA) is 63.4 Å². The summed E-state index contributed by atoms with van der Waals surface area (Å²) in [6, 6.07) is 0. The van der Waals surface area contributed by atoms with Crippen LogP contribution in [0, 0.1) is 0 Å². The highest BCUT2D eigenvalue weighted by atomic mass is 32.2. The largest absolute Gasteiger partial charge is 0.329 e. The first-order valence-corrected chi connectivity index (χ1v) is 6.51. The van der Waals surface area contributed by atoms with E-state index < -0.39 is 23.0 Å². The minimum atomic E-state index is -3.57. The monoisotopic (exact) mass is 244 g/mol. The summed E-state index contributed by atoms with van der Waals surface area (Å²) >= 11 is 0. The molecule has 0 saturated carbocycles. The van der Waals surface area contributed by atoms with Gasteiger partial charge in [-0.05, 0) is 6.42 Å². The Kier molecular flexibility index (Phi) is 6.95. The van der Waals surface area contributed by atoms with Crippen molar-refractivity contribution in [1.29, 1.82) is 0 Å². The van der Waals surface area contributed by atoms with Gasteiger partial charge in [-0.15, -0.1) is 0 Å². The molecular weight excluding hydrogens is 226 g/mol. The van der Waals surface area contributed by atoms with Crippen LogP contribution in [0.5, 0.6) is 0 Å². The molecule has 0 aliphatic carbocycles. The van der Waals surface area contributed by atoms with E-state index in [1.807, 2.05) is 6.92 Å². The van der Waals surface area contributed by atoms with Crippen molar-refractivity contribution in [3.8, 4) is 0 Å². The van der Waals surface area contributed by atoms with Crippen molar-refractivity contribution in [3.63, 3.8) is 0 Å². The third-order valence-corrected chi connectivity index (χ3v) is 3.79. The number of nitrogens with zero attached hydrogens (tertiary/aromatic N) is 1. The molecule has 0 aliphatic rings. The molecule has 2 N–H and O–H groups in total. The van der Waals surface area contributed by atoms with Gasteiger partial charge in [0, 0.05) is 13.1 Å². The SMILES string of the molecule is CCCCS(=O)(=O)N(CCN)CC(F)F. The Morgan fingerprint density at radius 3 is 2.40 bits per heavy atom. The lowest BCUT2D eigenvalue weighted by Gasteiger charge is -2.20. The van der Waals surface area contributed by atoms with Gasteiger partial charge in [-0.25, -0.2) is 17.2 Å². The second kappa shape index (κ2) is 7.08. The van der Waals surface area contributed by atoms with Crippen LogP contribution in [0.2, 0.25) is 0 Å². The molecule has 0 amide bonds. The van der Waals surface area contributed by atoms with Crippen molar-refractivity contribution in [3.05, 3.63) is 0 Å². The summed E-state index contributed by atoms with van der Waals surface area (Å²) in [7, 11) is -3.57. The molecule has 0 fully saturated rings. The number of hydrogen-bond donors (Lipinski definition) is 1. The first-order chi connectivity index (χ1) is 6.94. The number of unbranched alkanes of at least 4 members (excludes halogenated alkanes) is 1. The van der Waals surface area contributed by atoms with Crippen molar-refractivity contribution in [1.82, 2.24) is 4.31 Å². The van der Waals surface area contributed by atoms with Gasteiger partial charge in [-0.3, -0.25) is 0 Å². The van der Waals surface area contributed by atoms with Crippen molar-refractivity contribution in [2.75, 3.05) is 25.4 Å². The summed E-state index contributed by atoms with van der Waals surface area (Å²) in [5.41, 5.74) is 5.18. The van der Waals surface area contributed by atoms with Crippen LogP contribution in [-0.4, -0.2) is 44.5 Å². The van der Waals surface area contributed by atoms with Crippen molar-refractivity contribution in [2.45, 2.75) is 26.2 Å². The molecular formula is C8H18F2N2O2S. The smallest absolute Gasteiger partial charge is 0.252 e. The van der Waals surface area contributed by atoms with Crippen LogP contribution in [0.25, 0.3) is 0 Å². The van der Waals surface area contributed by atoms with Gasteiger partial charge >= 0.3 is 0 Å². The average Bonchev–Trinajstić information content (AvgIpc) is 2.13.